The summed E-state index contributed by atoms with van der Waals surface area (Å²) in [7, 11) is 0. The van der Waals surface area contributed by atoms with E-state index in [1.54, 1.807) is 0 Å². The quantitative estimate of drug-likeness (QED) is 0.739. The molecular formula is C14H17ClN2. The summed E-state index contributed by atoms with van der Waals surface area (Å²) in [5, 5.41) is 4.43. The average Bonchev–Trinajstić information content (AvgIpc) is 2.74. The smallest absolute Gasteiger partial charge is 0.0662 e. The van der Waals surface area contributed by atoms with Crippen LogP contribution < -0.4 is 0 Å². The molecule has 0 N–H and O–H groups in total. The molecule has 2 rings (SSSR count). The SMILES string of the molecule is CCCc1c(CCl)cnn1Cc1ccccc1. The number of hydrogen-bond acceptors (Lipinski definition) is 1. The Labute approximate surface area is 107 Å². The van der Waals surface area contributed by atoms with Crippen molar-refractivity contribution in [1.82, 2.24) is 9.78 Å². The minimum atomic E-state index is 0.546. The summed E-state index contributed by atoms with van der Waals surface area (Å²) in [4.78, 5) is 0. The fourth-order valence-corrected chi connectivity index (χ4v) is 2.20. The summed E-state index contributed by atoms with van der Waals surface area (Å²) in [5.74, 6) is 0.546. The van der Waals surface area contributed by atoms with Crippen molar-refractivity contribution < 1.29 is 0 Å². The average molecular weight is 249 g/mol. The zero-order valence-corrected chi connectivity index (χ0v) is 10.8. The Balaban J connectivity index is 2.23. The van der Waals surface area contributed by atoms with Crippen molar-refractivity contribution in [3.8, 4) is 0 Å². The van der Waals surface area contributed by atoms with E-state index in [0.717, 1.165) is 24.9 Å². The molecule has 1 aromatic heterocycles. The molecule has 0 radical (unpaired) electrons. The van der Waals surface area contributed by atoms with Crippen LogP contribution in [0.3, 0.4) is 0 Å². The summed E-state index contributed by atoms with van der Waals surface area (Å²) in [5.41, 5.74) is 3.70. The molecule has 0 saturated heterocycles. The van der Waals surface area contributed by atoms with Crippen LogP contribution in [0.5, 0.6) is 0 Å². The number of benzene rings is 1. The minimum absolute atomic E-state index is 0.546. The molecule has 0 atom stereocenters. The van der Waals surface area contributed by atoms with Crippen LogP contribution in [0.15, 0.2) is 36.5 Å². The molecule has 2 nitrogen and oxygen atoms in total. The molecule has 0 aliphatic carbocycles. The Hall–Kier alpha value is -1.28. The molecule has 0 spiro atoms. The lowest BCUT2D eigenvalue weighted by Crippen LogP contribution is -2.07. The Kier molecular flexibility index (Phi) is 4.21. The fourth-order valence-electron chi connectivity index (χ4n) is 1.98. The molecule has 0 aliphatic heterocycles. The lowest BCUT2D eigenvalue weighted by atomic mass is 10.1. The number of nitrogens with zero attached hydrogens (tertiary/aromatic N) is 2. The highest BCUT2D eigenvalue weighted by Gasteiger charge is 2.09. The first-order chi connectivity index (χ1) is 8.35. The van der Waals surface area contributed by atoms with Gasteiger partial charge in [0.25, 0.3) is 0 Å². The molecule has 0 bridgehead atoms. The first-order valence-corrected chi connectivity index (χ1v) is 6.52. The van der Waals surface area contributed by atoms with Crippen LogP contribution >= 0.6 is 11.6 Å². The second kappa shape index (κ2) is 5.87. The van der Waals surface area contributed by atoms with Gasteiger partial charge in [-0.25, -0.2) is 0 Å². The molecule has 1 heterocycles. The summed E-state index contributed by atoms with van der Waals surface area (Å²) in [6, 6.07) is 10.4. The van der Waals surface area contributed by atoms with Crippen LogP contribution in [0.1, 0.15) is 30.2 Å². The van der Waals surface area contributed by atoms with E-state index in [4.69, 9.17) is 11.6 Å². The Bertz CT molecular complexity index is 462. The highest BCUT2D eigenvalue weighted by Crippen LogP contribution is 2.15. The summed E-state index contributed by atoms with van der Waals surface area (Å²) >= 11 is 5.93. The first-order valence-electron chi connectivity index (χ1n) is 5.98. The standard InChI is InChI=1S/C14H17ClN2/c1-2-6-14-13(9-15)10-16-17(14)11-12-7-4-3-5-8-12/h3-5,7-8,10H,2,6,9,11H2,1H3. The summed E-state index contributed by atoms with van der Waals surface area (Å²) in [6.07, 6.45) is 4.04. The number of rotatable bonds is 5. The van der Waals surface area contributed by atoms with Crippen molar-refractivity contribution in [1.29, 1.82) is 0 Å². The Morgan fingerprint density at radius 2 is 2.00 bits per heavy atom. The van der Waals surface area contributed by atoms with Crippen LogP contribution in [-0.4, -0.2) is 9.78 Å². The maximum atomic E-state index is 5.93. The van der Waals surface area contributed by atoms with Crippen LogP contribution in [0, 0.1) is 0 Å². The van der Waals surface area contributed by atoms with Gasteiger partial charge < -0.3 is 0 Å². The van der Waals surface area contributed by atoms with Gasteiger partial charge in [0, 0.05) is 11.3 Å². The molecule has 90 valence electrons. The third kappa shape index (κ3) is 2.89. The van der Waals surface area contributed by atoms with Gasteiger partial charge in [-0.2, -0.15) is 5.10 Å². The fraction of sp³-hybridized carbons (Fsp3) is 0.357. The second-order valence-electron chi connectivity index (χ2n) is 4.14. The molecule has 1 aromatic carbocycles. The van der Waals surface area contributed by atoms with Gasteiger partial charge >= 0.3 is 0 Å². The summed E-state index contributed by atoms with van der Waals surface area (Å²) < 4.78 is 2.07. The lowest BCUT2D eigenvalue weighted by molar-refractivity contribution is 0.636. The van der Waals surface area contributed by atoms with Crippen LogP contribution in [0.25, 0.3) is 0 Å². The second-order valence-corrected chi connectivity index (χ2v) is 4.41. The first kappa shape index (κ1) is 12.2. The molecule has 0 saturated carbocycles. The highest BCUT2D eigenvalue weighted by atomic mass is 35.5. The molecule has 0 amide bonds. The van der Waals surface area contributed by atoms with E-state index < -0.39 is 0 Å². The van der Waals surface area contributed by atoms with Crippen molar-refractivity contribution >= 4 is 11.6 Å². The van der Waals surface area contributed by atoms with Gasteiger partial charge in [-0.05, 0) is 12.0 Å². The van der Waals surface area contributed by atoms with Crippen LogP contribution in [0.4, 0.5) is 0 Å². The number of hydrogen-bond donors (Lipinski definition) is 0. The van der Waals surface area contributed by atoms with Gasteiger partial charge in [-0.15, -0.1) is 11.6 Å². The largest absolute Gasteiger partial charge is 0.265 e. The molecule has 0 fully saturated rings. The topological polar surface area (TPSA) is 17.8 Å². The van der Waals surface area contributed by atoms with Crippen LogP contribution in [-0.2, 0) is 18.8 Å². The summed E-state index contributed by atoms with van der Waals surface area (Å²) in [6.45, 7) is 3.00. The number of alkyl halides is 1. The van der Waals surface area contributed by atoms with E-state index in [-0.39, 0.29) is 0 Å². The van der Waals surface area contributed by atoms with Gasteiger partial charge in [0.05, 0.1) is 18.6 Å². The van der Waals surface area contributed by atoms with E-state index in [1.807, 2.05) is 12.3 Å². The predicted octanol–water partition coefficient (Wildman–Crippen LogP) is 3.62. The molecule has 0 unspecified atom stereocenters. The van der Waals surface area contributed by atoms with E-state index in [2.05, 4.69) is 41.0 Å². The maximum absolute atomic E-state index is 5.93. The van der Waals surface area contributed by atoms with Gasteiger partial charge in [-0.3, -0.25) is 4.68 Å². The van der Waals surface area contributed by atoms with Crippen molar-refractivity contribution in [3.63, 3.8) is 0 Å². The van der Waals surface area contributed by atoms with Gasteiger partial charge in [0.15, 0.2) is 0 Å². The van der Waals surface area contributed by atoms with E-state index in [9.17, 15) is 0 Å². The predicted molar refractivity (Wildman–Crippen MR) is 71.3 cm³/mol. The molecular weight excluding hydrogens is 232 g/mol. The zero-order chi connectivity index (χ0) is 12.1. The van der Waals surface area contributed by atoms with E-state index >= 15 is 0 Å². The Morgan fingerprint density at radius 3 is 2.65 bits per heavy atom. The third-order valence-corrected chi connectivity index (χ3v) is 3.13. The number of halogens is 1. The van der Waals surface area contributed by atoms with E-state index in [1.165, 1.54) is 11.3 Å². The van der Waals surface area contributed by atoms with Gasteiger partial charge in [0.1, 0.15) is 0 Å². The molecule has 3 heteroatoms. The van der Waals surface area contributed by atoms with Crippen molar-refractivity contribution in [2.75, 3.05) is 0 Å². The van der Waals surface area contributed by atoms with E-state index in [0.29, 0.717) is 5.88 Å². The monoisotopic (exact) mass is 248 g/mol. The number of aromatic nitrogens is 2. The van der Waals surface area contributed by atoms with Crippen molar-refractivity contribution in [3.05, 3.63) is 53.3 Å². The highest BCUT2D eigenvalue weighted by molar-refractivity contribution is 6.17. The zero-order valence-electron chi connectivity index (χ0n) is 10.1. The van der Waals surface area contributed by atoms with Gasteiger partial charge in [-0.1, -0.05) is 43.7 Å². The Morgan fingerprint density at radius 1 is 1.24 bits per heavy atom. The molecule has 0 aliphatic rings. The van der Waals surface area contributed by atoms with Gasteiger partial charge in [0.2, 0.25) is 0 Å². The molecule has 2 aromatic rings. The maximum Gasteiger partial charge on any atom is 0.0662 e. The minimum Gasteiger partial charge on any atom is -0.265 e. The van der Waals surface area contributed by atoms with Crippen molar-refractivity contribution in [2.45, 2.75) is 32.2 Å². The van der Waals surface area contributed by atoms with Crippen molar-refractivity contribution in [2.24, 2.45) is 0 Å². The normalized spacial score (nSPS) is 10.7. The lowest BCUT2D eigenvalue weighted by Gasteiger charge is -2.08. The van der Waals surface area contributed by atoms with Crippen LogP contribution in [0.2, 0.25) is 0 Å². The third-order valence-electron chi connectivity index (χ3n) is 2.84. The molecule has 17 heavy (non-hydrogen) atoms.